The summed E-state index contributed by atoms with van der Waals surface area (Å²) in [6.45, 7) is 4.00. The van der Waals surface area contributed by atoms with Crippen molar-refractivity contribution in [2.75, 3.05) is 0 Å². The van der Waals surface area contributed by atoms with Gasteiger partial charge in [-0.3, -0.25) is 0 Å². The van der Waals surface area contributed by atoms with Gasteiger partial charge in [0.15, 0.2) is 0 Å². The Labute approximate surface area is 96.1 Å². The minimum Gasteiger partial charge on any atom is -0.508 e. The topological polar surface area (TPSA) is 46.5 Å². The number of hydrogen-bond acceptors (Lipinski definition) is 3. The Morgan fingerprint density at radius 3 is 2.56 bits per heavy atom. The van der Waals surface area contributed by atoms with Crippen molar-refractivity contribution < 1.29 is 14.6 Å². The lowest BCUT2D eigenvalue weighted by Crippen LogP contribution is -2.14. The highest BCUT2D eigenvalue weighted by molar-refractivity contribution is 5.89. The Morgan fingerprint density at radius 2 is 2.00 bits per heavy atom. The molecule has 0 saturated carbocycles. The van der Waals surface area contributed by atoms with Crippen molar-refractivity contribution in [2.24, 2.45) is 0 Å². The molecule has 0 aliphatic carbocycles. The van der Waals surface area contributed by atoms with Gasteiger partial charge in [0.25, 0.3) is 0 Å². The zero-order valence-corrected chi connectivity index (χ0v) is 9.77. The first-order chi connectivity index (χ1) is 7.63. The largest absolute Gasteiger partial charge is 0.508 e. The molecule has 0 saturated heterocycles. The molecule has 3 nitrogen and oxygen atoms in total. The van der Waals surface area contributed by atoms with Crippen LogP contribution in [0.5, 0.6) is 5.75 Å². The number of phenols is 1. The number of ether oxygens (including phenoxy) is 1. The van der Waals surface area contributed by atoms with Gasteiger partial charge in [0.2, 0.25) is 0 Å². The van der Waals surface area contributed by atoms with Crippen LogP contribution in [-0.4, -0.2) is 17.2 Å². The minimum absolute atomic E-state index is 0.0544. The minimum atomic E-state index is -0.330. The highest BCUT2D eigenvalue weighted by Crippen LogP contribution is 2.12. The van der Waals surface area contributed by atoms with Crippen molar-refractivity contribution in [1.29, 1.82) is 0 Å². The smallest absolute Gasteiger partial charge is 0.338 e. The van der Waals surface area contributed by atoms with E-state index in [1.165, 1.54) is 12.1 Å². The molecule has 0 amide bonds. The second kappa shape index (κ2) is 6.16. The summed E-state index contributed by atoms with van der Waals surface area (Å²) in [5.41, 5.74) is 0.473. The molecule has 1 unspecified atom stereocenters. The van der Waals surface area contributed by atoms with Crippen molar-refractivity contribution in [2.45, 2.75) is 39.2 Å². The van der Waals surface area contributed by atoms with Gasteiger partial charge in [-0.1, -0.05) is 19.8 Å². The molecule has 3 heteroatoms. The van der Waals surface area contributed by atoms with E-state index < -0.39 is 0 Å². The van der Waals surface area contributed by atoms with Crippen LogP contribution < -0.4 is 0 Å². The first-order valence-corrected chi connectivity index (χ1v) is 5.63. The molecule has 0 heterocycles. The number of carbonyl (C=O) groups is 1. The van der Waals surface area contributed by atoms with E-state index in [0.717, 1.165) is 19.3 Å². The standard InChI is InChI=1S/C13H18O3/c1-3-4-5-10(2)16-13(15)11-6-8-12(14)9-7-11/h6-10,14H,3-5H2,1-2H3. The van der Waals surface area contributed by atoms with E-state index in [9.17, 15) is 4.79 Å². The zero-order valence-electron chi connectivity index (χ0n) is 9.77. The van der Waals surface area contributed by atoms with E-state index in [1.54, 1.807) is 12.1 Å². The molecule has 16 heavy (non-hydrogen) atoms. The number of hydrogen-bond donors (Lipinski definition) is 1. The van der Waals surface area contributed by atoms with E-state index in [4.69, 9.17) is 9.84 Å². The molecule has 0 radical (unpaired) electrons. The molecule has 88 valence electrons. The number of rotatable bonds is 5. The predicted octanol–water partition coefficient (Wildman–Crippen LogP) is 3.13. The van der Waals surface area contributed by atoms with Gasteiger partial charge in [-0.25, -0.2) is 4.79 Å². The third-order valence-electron chi connectivity index (χ3n) is 2.38. The summed E-state index contributed by atoms with van der Waals surface area (Å²) < 4.78 is 5.26. The molecule has 1 aromatic carbocycles. The van der Waals surface area contributed by atoms with Crippen molar-refractivity contribution in [3.63, 3.8) is 0 Å². The summed E-state index contributed by atoms with van der Waals surface area (Å²) in [5.74, 6) is -0.181. The van der Waals surface area contributed by atoms with Crippen LogP contribution in [0.4, 0.5) is 0 Å². The van der Waals surface area contributed by atoms with Gasteiger partial charge in [-0.15, -0.1) is 0 Å². The van der Waals surface area contributed by atoms with Crippen LogP contribution in [-0.2, 0) is 4.74 Å². The first-order valence-electron chi connectivity index (χ1n) is 5.63. The number of benzene rings is 1. The molecule has 0 aromatic heterocycles. The Bertz CT molecular complexity index is 330. The van der Waals surface area contributed by atoms with Gasteiger partial charge >= 0.3 is 5.97 Å². The highest BCUT2D eigenvalue weighted by atomic mass is 16.5. The fourth-order valence-corrected chi connectivity index (χ4v) is 1.40. The van der Waals surface area contributed by atoms with Gasteiger partial charge in [-0.05, 0) is 37.6 Å². The lowest BCUT2D eigenvalue weighted by atomic mass is 10.2. The Balaban J connectivity index is 2.48. The van der Waals surface area contributed by atoms with Crippen molar-refractivity contribution in [3.05, 3.63) is 29.8 Å². The maximum atomic E-state index is 11.6. The maximum Gasteiger partial charge on any atom is 0.338 e. The molecule has 0 aliphatic heterocycles. The fourth-order valence-electron chi connectivity index (χ4n) is 1.40. The summed E-state index contributed by atoms with van der Waals surface area (Å²) in [4.78, 5) is 11.6. The summed E-state index contributed by atoms with van der Waals surface area (Å²) in [6, 6.07) is 6.08. The monoisotopic (exact) mass is 222 g/mol. The number of carbonyl (C=O) groups excluding carboxylic acids is 1. The third-order valence-corrected chi connectivity index (χ3v) is 2.38. The van der Waals surface area contributed by atoms with E-state index in [0.29, 0.717) is 5.56 Å². The molecule has 1 rings (SSSR count). The van der Waals surface area contributed by atoms with E-state index in [-0.39, 0.29) is 17.8 Å². The lowest BCUT2D eigenvalue weighted by Gasteiger charge is -2.12. The Hall–Kier alpha value is -1.51. The first kappa shape index (κ1) is 12.6. The van der Waals surface area contributed by atoms with Gasteiger partial charge in [0, 0.05) is 0 Å². The van der Waals surface area contributed by atoms with E-state index in [1.807, 2.05) is 6.92 Å². The highest BCUT2D eigenvalue weighted by Gasteiger charge is 2.11. The summed E-state index contributed by atoms with van der Waals surface area (Å²) in [5, 5.41) is 9.08. The molecule has 0 spiro atoms. The van der Waals surface area contributed by atoms with Crippen molar-refractivity contribution in [3.8, 4) is 5.75 Å². The van der Waals surface area contributed by atoms with Crippen LogP contribution in [0.1, 0.15) is 43.5 Å². The number of phenolic OH excluding ortho intramolecular Hbond substituents is 1. The number of aromatic hydroxyl groups is 1. The quantitative estimate of drug-likeness (QED) is 0.778. The fraction of sp³-hybridized carbons (Fsp3) is 0.462. The average molecular weight is 222 g/mol. The van der Waals surface area contributed by atoms with Gasteiger partial charge < -0.3 is 9.84 Å². The molecule has 0 bridgehead atoms. The van der Waals surface area contributed by atoms with Crippen LogP contribution >= 0.6 is 0 Å². The average Bonchev–Trinajstić information content (AvgIpc) is 2.27. The van der Waals surface area contributed by atoms with Gasteiger partial charge in [0.1, 0.15) is 5.75 Å². The molecule has 0 fully saturated rings. The van der Waals surface area contributed by atoms with E-state index in [2.05, 4.69) is 6.92 Å². The van der Waals surface area contributed by atoms with Crippen LogP contribution in [0, 0.1) is 0 Å². The van der Waals surface area contributed by atoms with Gasteiger partial charge in [-0.2, -0.15) is 0 Å². The van der Waals surface area contributed by atoms with Crippen LogP contribution in [0.3, 0.4) is 0 Å². The molecule has 0 aliphatic rings. The summed E-state index contributed by atoms with van der Waals surface area (Å²) in [7, 11) is 0. The Morgan fingerprint density at radius 1 is 1.38 bits per heavy atom. The van der Waals surface area contributed by atoms with Gasteiger partial charge in [0.05, 0.1) is 11.7 Å². The zero-order chi connectivity index (χ0) is 12.0. The van der Waals surface area contributed by atoms with Crippen LogP contribution in [0.2, 0.25) is 0 Å². The summed E-state index contributed by atoms with van der Waals surface area (Å²) in [6.07, 6.45) is 2.99. The molecule has 1 N–H and O–H groups in total. The molecular weight excluding hydrogens is 204 g/mol. The second-order valence-corrected chi connectivity index (χ2v) is 3.91. The van der Waals surface area contributed by atoms with Crippen molar-refractivity contribution >= 4 is 5.97 Å². The number of unbranched alkanes of at least 4 members (excludes halogenated alkanes) is 1. The third kappa shape index (κ3) is 3.93. The molecule has 1 aromatic rings. The summed E-state index contributed by atoms with van der Waals surface area (Å²) >= 11 is 0. The Kier molecular flexibility index (Phi) is 4.83. The number of esters is 1. The lowest BCUT2D eigenvalue weighted by molar-refractivity contribution is 0.0320. The van der Waals surface area contributed by atoms with Crippen LogP contribution in [0.25, 0.3) is 0 Å². The molecular formula is C13H18O3. The molecule has 1 atom stereocenters. The van der Waals surface area contributed by atoms with E-state index >= 15 is 0 Å². The normalized spacial score (nSPS) is 12.1. The SMILES string of the molecule is CCCCC(C)OC(=O)c1ccc(O)cc1. The van der Waals surface area contributed by atoms with Crippen LogP contribution in [0.15, 0.2) is 24.3 Å². The van der Waals surface area contributed by atoms with Crippen molar-refractivity contribution in [1.82, 2.24) is 0 Å². The maximum absolute atomic E-state index is 11.6. The predicted molar refractivity (Wildman–Crippen MR) is 62.5 cm³/mol. The second-order valence-electron chi connectivity index (χ2n) is 3.91.